The van der Waals surface area contributed by atoms with Crippen LogP contribution in [0.2, 0.25) is 0 Å². The van der Waals surface area contributed by atoms with E-state index in [4.69, 9.17) is 10.5 Å². The van der Waals surface area contributed by atoms with Gasteiger partial charge >= 0.3 is 0 Å². The van der Waals surface area contributed by atoms with Crippen molar-refractivity contribution in [1.82, 2.24) is 24.9 Å². The third-order valence-corrected chi connectivity index (χ3v) is 4.54. The number of hydrogen-bond acceptors (Lipinski definition) is 7. The van der Waals surface area contributed by atoms with Gasteiger partial charge in [0.2, 0.25) is 0 Å². The molecule has 152 valence electrons. The minimum absolute atomic E-state index is 0.176. The van der Waals surface area contributed by atoms with Crippen molar-refractivity contribution in [1.29, 1.82) is 0 Å². The molecule has 9 nitrogen and oxygen atoms in total. The molecule has 0 spiro atoms. The van der Waals surface area contributed by atoms with Crippen molar-refractivity contribution >= 4 is 40.1 Å². The fourth-order valence-electron chi connectivity index (χ4n) is 3.07. The van der Waals surface area contributed by atoms with Crippen molar-refractivity contribution in [2.24, 2.45) is 5.10 Å². The van der Waals surface area contributed by atoms with E-state index < -0.39 is 0 Å². The number of para-hydroxylation sites is 2. The van der Waals surface area contributed by atoms with Gasteiger partial charge in [0.1, 0.15) is 16.9 Å². The summed E-state index contributed by atoms with van der Waals surface area (Å²) in [6.07, 6.45) is 5.67. The number of anilines is 1. The quantitative estimate of drug-likeness (QED) is 0.361. The van der Waals surface area contributed by atoms with Gasteiger partial charge < -0.3 is 15.8 Å². The molecule has 3 N–H and O–H groups in total. The molecule has 4 aromatic rings. The van der Waals surface area contributed by atoms with Crippen LogP contribution in [-0.4, -0.2) is 52.0 Å². The molecule has 3 aromatic heterocycles. The van der Waals surface area contributed by atoms with Crippen LogP contribution in [-0.2, 0) is 4.74 Å². The first-order chi connectivity index (χ1) is 14.7. The molecule has 1 aromatic carbocycles. The van der Waals surface area contributed by atoms with E-state index in [2.05, 4.69) is 25.4 Å². The number of hydrogen-bond donors (Lipinski definition) is 2. The van der Waals surface area contributed by atoms with Gasteiger partial charge in [0.05, 0.1) is 17.2 Å². The third-order valence-electron chi connectivity index (χ3n) is 4.54. The monoisotopic (exact) mass is 403 g/mol. The smallest absolute Gasteiger partial charge is 0.257 e. The Kier molecular flexibility index (Phi) is 5.62. The number of nitrogens with zero attached hydrogens (tertiary/aromatic N) is 5. The summed E-state index contributed by atoms with van der Waals surface area (Å²) < 4.78 is 6.47. The molecule has 0 unspecified atom stereocenters. The Morgan fingerprint density at radius 1 is 1.20 bits per heavy atom. The standard InChI is InChI=1S/C21H21N7O2/c1-30-12-4-9-24-21(29)17-18-20(27-16-6-3-2-5-15(16)26-18)28(19(17)22)25-13-14-7-10-23-11-8-14/h2-3,5-8,10-11,13H,4,9,12,22H2,1H3,(H,24,29)/b25-13+. The number of rotatable bonds is 7. The minimum atomic E-state index is -0.323. The average molecular weight is 403 g/mol. The Bertz CT molecular complexity index is 1220. The molecule has 30 heavy (non-hydrogen) atoms. The summed E-state index contributed by atoms with van der Waals surface area (Å²) >= 11 is 0. The van der Waals surface area contributed by atoms with Crippen LogP contribution in [0, 0.1) is 0 Å². The summed E-state index contributed by atoms with van der Waals surface area (Å²) in [5.41, 5.74) is 9.63. The summed E-state index contributed by atoms with van der Waals surface area (Å²) in [7, 11) is 1.62. The summed E-state index contributed by atoms with van der Waals surface area (Å²) in [4.78, 5) is 26.2. The molecule has 0 atom stereocenters. The zero-order valence-corrected chi connectivity index (χ0v) is 16.4. The van der Waals surface area contributed by atoms with E-state index in [0.717, 1.165) is 5.56 Å². The number of fused-ring (bicyclic) bond motifs is 2. The maximum absolute atomic E-state index is 12.9. The number of nitrogens with one attached hydrogen (secondary N) is 1. The molecule has 4 rings (SSSR count). The van der Waals surface area contributed by atoms with Gasteiger partial charge in [0, 0.05) is 32.7 Å². The van der Waals surface area contributed by atoms with Gasteiger partial charge in [0.25, 0.3) is 5.91 Å². The molecule has 0 bridgehead atoms. The second-order valence-corrected chi connectivity index (χ2v) is 6.58. The van der Waals surface area contributed by atoms with Crippen molar-refractivity contribution in [2.75, 3.05) is 26.0 Å². The molecule has 0 aliphatic carbocycles. The van der Waals surface area contributed by atoms with Crippen LogP contribution >= 0.6 is 0 Å². The molecular formula is C21H21N7O2. The average Bonchev–Trinajstić information content (AvgIpc) is 3.04. The number of pyridine rings is 1. The van der Waals surface area contributed by atoms with Crippen molar-refractivity contribution in [3.05, 3.63) is 59.9 Å². The van der Waals surface area contributed by atoms with E-state index in [1.165, 1.54) is 4.68 Å². The Hall–Kier alpha value is -3.85. The lowest BCUT2D eigenvalue weighted by molar-refractivity contribution is 0.0951. The fraction of sp³-hybridized carbons (Fsp3) is 0.190. The lowest BCUT2D eigenvalue weighted by Crippen LogP contribution is -2.26. The first kappa shape index (κ1) is 19.5. The number of aromatic nitrogens is 4. The first-order valence-corrected chi connectivity index (χ1v) is 9.47. The van der Waals surface area contributed by atoms with Crippen LogP contribution in [0.3, 0.4) is 0 Å². The molecule has 0 aliphatic rings. The van der Waals surface area contributed by atoms with E-state index in [9.17, 15) is 4.79 Å². The van der Waals surface area contributed by atoms with Crippen LogP contribution < -0.4 is 11.1 Å². The summed E-state index contributed by atoms with van der Waals surface area (Å²) in [6.45, 7) is 1.01. The summed E-state index contributed by atoms with van der Waals surface area (Å²) in [5.74, 6) is -0.147. The maximum atomic E-state index is 12.9. The molecule has 0 radical (unpaired) electrons. The molecular weight excluding hydrogens is 382 g/mol. The second kappa shape index (κ2) is 8.66. The van der Waals surface area contributed by atoms with Crippen LogP contribution in [0.15, 0.2) is 53.9 Å². The Morgan fingerprint density at radius 2 is 1.93 bits per heavy atom. The highest BCUT2D eigenvalue weighted by atomic mass is 16.5. The van der Waals surface area contributed by atoms with E-state index in [1.54, 1.807) is 25.7 Å². The van der Waals surface area contributed by atoms with Gasteiger partial charge in [-0.05, 0) is 36.2 Å². The van der Waals surface area contributed by atoms with Crippen molar-refractivity contribution in [3.63, 3.8) is 0 Å². The summed E-state index contributed by atoms with van der Waals surface area (Å²) in [5, 5.41) is 7.32. The highest BCUT2D eigenvalue weighted by Crippen LogP contribution is 2.27. The highest BCUT2D eigenvalue weighted by Gasteiger charge is 2.23. The number of nitrogens with two attached hydrogens (primary N) is 1. The van der Waals surface area contributed by atoms with E-state index in [1.807, 2.05) is 36.4 Å². The van der Waals surface area contributed by atoms with Gasteiger partial charge in [-0.3, -0.25) is 9.78 Å². The fourth-order valence-corrected chi connectivity index (χ4v) is 3.07. The van der Waals surface area contributed by atoms with Gasteiger partial charge in [-0.15, -0.1) is 0 Å². The second-order valence-electron chi connectivity index (χ2n) is 6.58. The Labute approximate surface area is 172 Å². The molecule has 9 heteroatoms. The number of carbonyl (C=O) groups is 1. The topological polar surface area (TPSA) is 120 Å². The van der Waals surface area contributed by atoms with Crippen LogP contribution in [0.4, 0.5) is 5.82 Å². The molecule has 1 amide bonds. The zero-order chi connectivity index (χ0) is 20.9. The van der Waals surface area contributed by atoms with Crippen molar-refractivity contribution in [2.45, 2.75) is 6.42 Å². The number of nitrogen functional groups attached to an aromatic ring is 1. The van der Waals surface area contributed by atoms with Gasteiger partial charge in [0.15, 0.2) is 5.65 Å². The number of ether oxygens (including phenoxy) is 1. The zero-order valence-electron chi connectivity index (χ0n) is 16.4. The van der Waals surface area contributed by atoms with Gasteiger partial charge in [-0.1, -0.05) is 12.1 Å². The van der Waals surface area contributed by atoms with E-state index in [-0.39, 0.29) is 17.3 Å². The number of amides is 1. The van der Waals surface area contributed by atoms with Gasteiger partial charge in [-0.2, -0.15) is 9.78 Å². The summed E-state index contributed by atoms with van der Waals surface area (Å²) in [6, 6.07) is 11.1. The largest absolute Gasteiger partial charge is 0.385 e. The van der Waals surface area contributed by atoms with Gasteiger partial charge in [-0.25, -0.2) is 9.97 Å². The third kappa shape index (κ3) is 3.83. The highest BCUT2D eigenvalue weighted by molar-refractivity contribution is 6.10. The molecule has 0 saturated heterocycles. The predicted molar refractivity (Wildman–Crippen MR) is 116 cm³/mol. The number of methoxy groups -OCH3 is 1. The van der Waals surface area contributed by atoms with Crippen LogP contribution in [0.25, 0.3) is 22.2 Å². The number of carbonyl (C=O) groups excluding carboxylic acids is 1. The Morgan fingerprint density at radius 3 is 2.67 bits per heavy atom. The van der Waals surface area contributed by atoms with E-state index >= 15 is 0 Å². The van der Waals surface area contributed by atoms with Crippen molar-refractivity contribution in [3.8, 4) is 0 Å². The molecule has 0 aliphatic heterocycles. The van der Waals surface area contributed by atoms with Crippen LogP contribution in [0.5, 0.6) is 0 Å². The van der Waals surface area contributed by atoms with E-state index in [0.29, 0.717) is 41.8 Å². The lowest BCUT2D eigenvalue weighted by Gasteiger charge is -2.05. The number of benzene rings is 1. The minimum Gasteiger partial charge on any atom is -0.385 e. The predicted octanol–water partition coefficient (Wildman–Crippen LogP) is 2.21. The van der Waals surface area contributed by atoms with Crippen molar-refractivity contribution < 1.29 is 9.53 Å². The lowest BCUT2D eigenvalue weighted by atomic mass is 10.2. The Balaban J connectivity index is 1.81. The molecule has 0 saturated carbocycles. The SMILES string of the molecule is COCCCNC(=O)c1c(N)n(/N=C/c2ccncc2)c2nc3ccccc3nc12. The normalized spacial score (nSPS) is 11.5. The molecule has 0 fully saturated rings. The van der Waals surface area contributed by atoms with Crippen LogP contribution in [0.1, 0.15) is 22.3 Å². The first-order valence-electron chi connectivity index (χ1n) is 9.47. The maximum Gasteiger partial charge on any atom is 0.257 e. The molecule has 3 heterocycles.